The zero-order valence-electron chi connectivity index (χ0n) is 19.2. The molecule has 2 aromatic carbocycles. The molecule has 0 unspecified atom stereocenters. The van der Waals surface area contributed by atoms with E-state index < -0.39 is 0 Å². The van der Waals surface area contributed by atoms with Crippen molar-refractivity contribution in [2.75, 3.05) is 25.5 Å². The highest BCUT2D eigenvalue weighted by Gasteiger charge is 2.28. The lowest BCUT2D eigenvalue weighted by Gasteiger charge is -2.26. The molecule has 1 saturated heterocycles. The summed E-state index contributed by atoms with van der Waals surface area (Å²) in [6.45, 7) is 1.92. The summed E-state index contributed by atoms with van der Waals surface area (Å²) in [6.07, 6.45) is 5.01. The maximum Gasteiger partial charge on any atom is 0.133 e. The van der Waals surface area contributed by atoms with Crippen molar-refractivity contribution in [3.05, 3.63) is 101 Å². The maximum atomic E-state index is 13.2. The number of aromatic nitrogens is 2. The van der Waals surface area contributed by atoms with Crippen LogP contribution in [0.5, 0.6) is 0 Å². The van der Waals surface area contributed by atoms with E-state index in [9.17, 15) is 4.39 Å². The molecule has 0 bridgehead atoms. The summed E-state index contributed by atoms with van der Waals surface area (Å²) in [6, 6.07) is 21.9. The number of fused-ring (bicyclic) bond motifs is 1. The topological polar surface area (TPSA) is 32.3 Å². The Morgan fingerprint density at radius 2 is 1.79 bits per heavy atom. The Bertz CT molecular complexity index is 1240. The van der Waals surface area contributed by atoms with Crippen LogP contribution in [0.4, 0.5) is 10.2 Å². The fourth-order valence-corrected chi connectivity index (χ4v) is 4.80. The normalized spacial score (nSPS) is 16.4. The van der Waals surface area contributed by atoms with Gasteiger partial charge in [0, 0.05) is 37.8 Å². The average Bonchev–Trinajstić information content (AvgIpc) is 3.28. The van der Waals surface area contributed by atoms with Gasteiger partial charge in [-0.25, -0.2) is 9.37 Å². The molecule has 4 aromatic rings. The van der Waals surface area contributed by atoms with Gasteiger partial charge in [-0.15, -0.1) is 0 Å². The number of likely N-dealkylation sites (tertiary alicyclic amines) is 1. The van der Waals surface area contributed by atoms with Gasteiger partial charge in [-0.1, -0.05) is 36.4 Å². The second kappa shape index (κ2) is 9.28. The number of hydrogen-bond donors (Lipinski definition) is 0. The van der Waals surface area contributed by atoms with E-state index in [0.29, 0.717) is 6.04 Å². The zero-order chi connectivity index (χ0) is 22.8. The van der Waals surface area contributed by atoms with E-state index in [4.69, 9.17) is 9.97 Å². The van der Waals surface area contributed by atoms with Gasteiger partial charge in [0.25, 0.3) is 0 Å². The minimum atomic E-state index is -0.201. The largest absolute Gasteiger partial charge is 0.362 e. The lowest BCUT2D eigenvalue weighted by Crippen LogP contribution is -2.25. The number of nitrogens with zero attached hydrogens (tertiary/aromatic N) is 4. The van der Waals surface area contributed by atoms with Crippen molar-refractivity contribution in [3.63, 3.8) is 0 Å². The van der Waals surface area contributed by atoms with Gasteiger partial charge in [-0.3, -0.25) is 9.88 Å². The number of pyridine rings is 2. The van der Waals surface area contributed by atoms with Crippen molar-refractivity contribution < 1.29 is 4.39 Å². The van der Waals surface area contributed by atoms with Gasteiger partial charge in [0.05, 0.1) is 17.3 Å². The van der Waals surface area contributed by atoms with Crippen molar-refractivity contribution in [1.29, 1.82) is 0 Å². The Hall–Kier alpha value is -3.31. The van der Waals surface area contributed by atoms with E-state index in [1.165, 1.54) is 29.5 Å². The van der Waals surface area contributed by atoms with Crippen molar-refractivity contribution in [3.8, 4) is 0 Å². The van der Waals surface area contributed by atoms with Crippen LogP contribution >= 0.6 is 0 Å². The molecule has 0 aliphatic carbocycles. The molecule has 4 nitrogen and oxygen atoms in total. The van der Waals surface area contributed by atoms with Crippen LogP contribution < -0.4 is 4.90 Å². The summed E-state index contributed by atoms with van der Waals surface area (Å²) < 4.78 is 13.2. The van der Waals surface area contributed by atoms with Crippen molar-refractivity contribution >= 4 is 16.7 Å². The van der Waals surface area contributed by atoms with Gasteiger partial charge in [0.1, 0.15) is 11.6 Å². The first kappa shape index (κ1) is 21.5. The van der Waals surface area contributed by atoms with Crippen LogP contribution in [0.25, 0.3) is 10.9 Å². The summed E-state index contributed by atoms with van der Waals surface area (Å²) in [5.41, 5.74) is 5.63. The number of halogens is 1. The second-order valence-electron chi connectivity index (χ2n) is 9.08. The molecule has 1 fully saturated rings. The lowest BCUT2D eigenvalue weighted by atomic mass is 10.0. The van der Waals surface area contributed by atoms with Gasteiger partial charge in [-0.2, -0.15) is 0 Å². The number of rotatable bonds is 6. The standard InChI is InChI=1S/C28H29FN4/c1-32(2)28-23(17-22-6-3-4-7-25(22)31-28)19-33-15-5-8-27(33)26-14-11-21(18-30-26)16-20-9-12-24(29)13-10-20/h3-4,6-7,9-14,17-18,27H,5,8,15-16,19H2,1-2H3/t27-/m0/s1. The Labute approximate surface area is 194 Å². The molecule has 2 aromatic heterocycles. The maximum absolute atomic E-state index is 13.2. The Balaban J connectivity index is 1.35. The first-order valence-electron chi connectivity index (χ1n) is 11.6. The van der Waals surface area contributed by atoms with Crippen molar-refractivity contribution in [1.82, 2.24) is 14.9 Å². The zero-order valence-corrected chi connectivity index (χ0v) is 19.2. The number of anilines is 1. The molecule has 1 atom stereocenters. The summed E-state index contributed by atoms with van der Waals surface area (Å²) in [5, 5.41) is 1.18. The van der Waals surface area contributed by atoms with E-state index >= 15 is 0 Å². The highest BCUT2D eigenvalue weighted by molar-refractivity contribution is 5.81. The highest BCUT2D eigenvalue weighted by Crippen LogP contribution is 2.34. The third-order valence-corrected chi connectivity index (χ3v) is 6.45. The molecule has 168 valence electrons. The predicted molar refractivity (Wildman–Crippen MR) is 132 cm³/mol. The van der Waals surface area contributed by atoms with Crippen molar-refractivity contribution in [2.24, 2.45) is 0 Å². The molecule has 0 saturated carbocycles. The van der Waals surface area contributed by atoms with E-state index in [-0.39, 0.29) is 5.82 Å². The highest BCUT2D eigenvalue weighted by atomic mass is 19.1. The van der Waals surface area contributed by atoms with Gasteiger partial charge in [-0.05, 0) is 67.3 Å². The molecular formula is C28H29FN4. The minimum Gasteiger partial charge on any atom is -0.362 e. The Kier molecular flexibility index (Phi) is 6.05. The average molecular weight is 441 g/mol. The Morgan fingerprint density at radius 3 is 2.55 bits per heavy atom. The quantitative estimate of drug-likeness (QED) is 0.381. The van der Waals surface area contributed by atoms with E-state index in [1.54, 1.807) is 0 Å². The summed E-state index contributed by atoms with van der Waals surface area (Å²) in [5.74, 6) is 0.828. The predicted octanol–water partition coefficient (Wildman–Crippen LogP) is 5.76. The van der Waals surface area contributed by atoms with Crippen LogP contribution in [-0.4, -0.2) is 35.5 Å². The smallest absolute Gasteiger partial charge is 0.133 e. The molecule has 0 radical (unpaired) electrons. The second-order valence-corrected chi connectivity index (χ2v) is 9.08. The molecule has 0 N–H and O–H groups in total. The Morgan fingerprint density at radius 1 is 1.00 bits per heavy atom. The van der Waals surface area contributed by atoms with Crippen LogP contribution in [0.3, 0.4) is 0 Å². The van der Waals surface area contributed by atoms with Crippen LogP contribution in [0.15, 0.2) is 72.9 Å². The van der Waals surface area contributed by atoms with E-state index in [0.717, 1.165) is 54.1 Å². The van der Waals surface area contributed by atoms with Crippen LogP contribution in [0.2, 0.25) is 0 Å². The minimum absolute atomic E-state index is 0.201. The number of para-hydroxylation sites is 1. The fraction of sp³-hybridized carbons (Fsp3) is 0.286. The summed E-state index contributed by atoms with van der Waals surface area (Å²) in [4.78, 5) is 14.4. The summed E-state index contributed by atoms with van der Waals surface area (Å²) in [7, 11) is 4.12. The van der Waals surface area contributed by atoms with Crippen LogP contribution in [0, 0.1) is 5.82 Å². The fourth-order valence-electron chi connectivity index (χ4n) is 4.80. The molecule has 1 aliphatic rings. The van der Waals surface area contributed by atoms with Gasteiger partial charge < -0.3 is 4.90 Å². The first-order valence-corrected chi connectivity index (χ1v) is 11.6. The van der Waals surface area contributed by atoms with Gasteiger partial charge in [0.2, 0.25) is 0 Å². The van der Waals surface area contributed by atoms with E-state index in [2.05, 4.69) is 60.3 Å². The first-order chi connectivity index (χ1) is 16.1. The molecule has 1 aliphatic heterocycles. The molecule has 5 rings (SSSR count). The molecule has 33 heavy (non-hydrogen) atoms. The van der Waals surface area contributed by atoms with Crippen LogP contribution in [-0.2, 0) is 13.0 Å². The molecule has 5 heteroatoms. The van der Waals surface area contributed by atoms with E-state index in [1.807, 2.05) is 24.4 Å². The summed E-state index contributed by atoms with van der Waals surface area (Å²) >= 11 is 0. The molecule has 0 amide bonds. The molecular weight excluding hydrogens is 411 g/mol. The van der Waals surface area contributed by atoms with Crippen molar-refractivity contribution in [2.45, 2.75) is 31.8 Å². The van der Waals surface area contributed by atoms with Gasteiger partial charge in [0.15, 0.2) is 0 Å². The molecule has 3 heterocycles. The SMILES string of the molecule is CN(C)c1nc2ccccc2cc1CN1CCC[C@H]1c1ccc(Cc2ccc(F)cc2)cn1. The monoisotopic (exact) mass is 440 g/mol. The number of benzene rings is 2. The number of hydrogen-bond acceptors (Lipinski definition) is 4. The van der Waals surface area contributed by atoms with Gasteiger partial charge >= 0.3 is 0 Å². The molecule has 0 spiro atoms. The lowest BCUT2D eigenvalue weighted by molar-refractivity contribution is 0.244. The third kappa shape index (κ3) is 4.74. The van der Waals surface area contributed by atoms with Crippen LogP contribution in [0.1, 0.15) is 41.3 Å². The third-order valence-electron chi connectivity index (χ3n) is 6.45.